The van der Waals surface area contributed by atoms with Crippen molar-refractivity contribution in [3.63, 3.8) is 0 Å². The van der Waals surface area contributed by atoms with Gasteiger partial charge in [0.15, 0.2) is 0 Å². The SMILES string of the molecule is NS(=O)(=O)c1ccc(-c2ccc(/C=C3\SC(=S)N(CCCCCCCCCCC(=O)O)C3=O)o2)cc1. The Hall–Kier alpha value is -2.47. The van der Waals surface area contributed by atoms with Crippen LogP contribution in [0, 0.1) is 0 Å². The summed E-state index contributed by atoms with van der Waals surface area (Å²) in [5, 5.41) is 13.8. The molecule has 2 heterocycles. The van der Waals surface area contributed by atoms with Gasteiger partial charge in [-0.15, -0.1) is 0 Å². The molecule has 0 unspecified atom stereocenters. The molecule has 1 aromatic heterocycles. The first-order chi connectivity index (χ1) is 17.1. The normalized spacial score (nSPS) is 15.2. The van der Waals surface area contributed by atoms with Crippen molar-refractivity contribution < 1.29 is 27.5 Å². The lowest BCUT2D eigenvalue weighted by atomic mass is 10.1. The minimum atomic E-state index is -3.76. The molecule has 1 aliphatic heterocycles. The zero-order valence-corrected chi connectivity index (χ0v) is 22.3. The second-order valence-corrected chi connectivity index (χ2v) is 11.8. The summed E-state index contributed by atoms with van der Waals surface area (Å²) in [6.45, 7) is 0.584. The van der Waals surface area contributed by atoms with Gasteiger partial charge in [0.1, 0.15) is 15.8 Å². The first-order valence-electron chi connectivity index (χ1n) is 11.9. The fourth-order valence-electron chi connectivity index (χ4n) is 3.82. The molecule has 2 aromatic rings. The van der Waals surface area contributed by atoms with Crippen LogP contribution in [0.2, 0.25) is 0 Å². The Morgan fingerprint density at radius 3 is 2.22 bits per heavy atom. The van der Waals surface area contributed by atoms with E-state index in [1.165, 1.54) is 23.9 Å². The first-order valence-corrected chi connectivity index (χ1v) is 14.6. The second kappa shape index (κ2) is 13.2. The van der Waals surface area contributed by atoms with Gasteiger partial charge in [-0.05, 0) is 49.2 Å². The maximum absolute atomic E-state index is 12.8. The number of carbonyl (C=O) groups excluding carboxylic acids is 1. The van der Waals surface area contributed by atoms with E-state index in [9.17, 15) is 18.0 Å². The van der Waals surface area contributed by atoms with Crippen molar-refractivity contribution >= 4 is 56.3 Å². The van der Waals surface area contributed by atoms with Crippen LogP contribution in [0.3, 0.4) is 0 Å². The number of primary sulfonamides is 1. The summed E-state index contributed by atoms with van der Waals surface area (Å²) in [4.78, 5) is 25.5. The summed E-state index contributed by atoms with van der Waals surface area (Å²) in [5.41, 5.74) is 0.690. The van der Waals surface area contributed by atoms with Crippen LogP contribution in [0.1, 0.15) is 63.5 Å². The lowest BCUT2D eigenvalue weighted by Crippen LogP contribution is -2.28. The predicted octanol–water partition coefficient (Wildman–Crippen LogP) is 5.39. The number of hydrogen-bond acceptors (Lipinski definition) is 7. The highest BCUT2D eigenvalue weighted by Gasteiger charge is 2.31. The molecule has 3 N–H and O–H groups in total. The Morgan fingerprint density at radius 2 is 1.61 bits per heavy atom. The molecule has 3 rings (SSSR count). The third kappa shape index (κ3) is 8.29. The average molecular weight is 551 g/mol. The average Bonchev–Trinajstić information content (AvgIpc) is 3.39. The number of carboxylic acid groups (broad SMARTS) is 1. The van der Waals surface area contributed by atoms with E-state index in [4.69, 9.17) is 26.9 Å². The summed E-state index contributed by atoms with van der Waals surface area (Å²) in [5.74, 6) is 0.187. The van der Waals surface area contributed by atoms with Crippen molar-refractivity contribution in [2.24, 2.45) is 5.14 Å². The van der Waals surface area contributed by atoms with Gasteiger partial charge in [-0.25, -0.2) is 13.6 Å². The molecule has 11 heteroatoms. The van der Waals surface area contributed by atoms with Crippen LogP contribution in [-0.4, -0.2) is 41.2 Å². The second-order valence-electron chi connectivity index (χ2n) is 8.58. The zero-order valence-electron chi connectivity index (χ0n) is 19.9. The van der Waals surface area contributed by atoms with Crippen molar-refractivity contribution in [1.29, 1.82) is 0 Å². The highest BCUT2D eigenvalue weighted by molar-refractivity contribution is 8.26. The van der Waals surface area contributed by atoms with E-state index in [-0.39, 0.29) is 17.2 Å². The molecule has 1 aliphatic rings. The maximum atomic E-state index is 12.8. The van der Waals surface area contributed by atoms with Crippen LogP contribution in [-0.2, 0) is 19.6 Å². The molecule has 0 bridgehead atoms. The minimum absolute atomic E-state index is 0.0229. The van der Waals surface area contributed by atoms with Crippen molar-refractivity contribution in [3.05, 3.63) is 47.1 Å². The number of benzene rings is 1. The Balaban J connectivity index is 1.45. The molecular formula is C25H30N2O6S3. The number of carboxylic acids is 1. The Bertz CT molecular complexity index is 1220. The van der Waals surface area contributed by atoms with Crippen LogP contribution >= 0.6 is 24.0 Å². The number of aliphatic carboxylic acids is 1. The molecule has 0 aliphatic carbocycles. The number of hydrogen-bond donors (Lipinski definition) is 2. The number of nitrogens with zero attached hydrogens (tertiary/aromatic N) is 1. The van der Waals surface area contributed by atoms with Crippen molar-refractivity contribution in [2.75, 3.05) is 6.54 Å². The van der Waals surface area contributed by atoms with Gasteiger partial charge in [0.05, 0.1) is 9.80 Å². The summed E-state index contributed by atoms with van der Waals surface area (Å²) < 4.78 is 29.2. The Labute approximate surface area is 221 Å². The summed E-state index contributed by atoms with van der Waals surface area (Å²) >= 11 is 6.66. The first kappa shape index (κ1) is 28.1. The number of amides is 1. The zero-order chi connectivity index (χ0) is 26.1. The van der Waals surface area contributed by atoms with Crippen LogP contribution < -0.4 is 5.14 Å². The minimum Gasteiger partial charge on any atom is -0.481 e. The topological polar surface area (TPSA) is 131 Å². The van der Waals surface area contributed by atoms with Gasteiger partial charge in [-0.3, -0.25) is 14.5 Å². The molecule has 1 saturated heterocycles. The van der Waals surface area contributed by atoms with E-state index >= 15 is 0 Å². The molecule has 0 atom stereocenters. The molecule has 1 fully saturated rings. The number of nitrogens with two attached hydrogens (primary N) is 1. The fourth-order valence-corrected chi connectivity index (χ4v) is 5.63. The van der Waals surface area contributed by atoms with E-state index in [2.05, 4.69) is 0 Å². The fraction of sp³-hybridized carbons (Fsp3) is 0.400. The molecule has 0 spiro atoms. The van der Waals surface area contributed by atoms with Crippen LogP contribution in [0.5, 0.6) is 0 Å². The Morgan fingerprint density at radius 1 is 1.00 bits per heavy atom. The Kier molecular flexibility index (Phi) is 10.3. The summed E-state index contributed by atoms with van der Waals surface area (Å²) in [6, 6.07) is 9.56. The van der Waals surface area contributed by atoms with Crippen molar-refractivity contribution in [2.45, 2.75) is 62.7 Å². The molecule has 1 amide bonds. The highest BCUT2D eigenvalue weighted by Crippen LogP contribution is 2.34. The number of thiocarbonyl (C=S) groups is 1. The van der Waals surface area contributed by atoms with Crippen molar-refractivity contribution in [3.8, 4) is 11.3 Å². The monoisotopic (exact) mass is 550 g/mol. The van der Waals surface area contributed by atoms with E-state index < -0.39 is 16.0 Å². The van der Waals surface area contributed by atoms with Crippen LogP contribution in [0.4, 0.5) is 0 Å². The number of rotatable bonds is 14. The quantitative estimate of drug-likeness (QED) is 0.182. The lowest BCUT2D eigenvalue weighted by molar-refractivity contribution is -0.137. The molecule has 8 nitrogen and oxygen atoms in total. The number of thioether (sulfide) groups is 1. The highest BCUT2D eigenvalue weighted by atomic mass is 32.2. The van der Waals surface area contributed by atoms with E-state index in [0.29, 0.717) is 32.9 Å². The molecule has 1 aromatic carbocycles. The van der Waals surface area contributed by atoms with E-state index in [1.807, 2.05) is 0 Å². The van der Waals surface area contributed by atoms with Gasteiger partial charge in [-0.2, -0.15) is 0 Å². The molecule has 194 valence electrons. The van der Waals surface area contributed by atoms with E-state index in [0.717, 1.165) is 51.4 Å². The number of sulfonamides is 1. The van der Waals surface area contributed by atoms with Gasteiger partial charge in [0, 0.05) is 24.6 Å². The summed E-state index contributed by atoms with van der Waals surface area (Å²) in [7, 11) is -3.76. The molecule has 0 radical (unpaired) electrons. The predicted molar refractivity (Wildman–Crippen MR) is 145 cm³/mol. The van der Waals surface area contributed by atoms with Gasteiger partial charge in [-0.1, -0.05) is 62.5 Å². The van der Waals surface area contributed by atoms with Gasteiger partial charge in [0.2, 0.25) is 10.0 Å². The van der Waals surface area contributed by atoms with Gasteiger partial charge < -0.3 is 9.52 Å². The van der Waals surface area contributed by atoms with Gasteiger partial charge in [0.25, 0.3) is 5.91 Å². The molecular weight excluding hydrogens is 520 g/mol. The van der Waals surface area contributed by atoms with Gasteiger partial charge >= 0.3 is 5.97 Å². The number of unbranched alkanes of at least 4 members (excludes halogenated alkanes) is 7. The van der Waals surface area contributed by atoms with Crippen LogP contribution in [0.15, 0.2) is 50.6 Å². The van der Waals surface area contributed by atoms with E-state index in [1.54, 1.807) is 35.2 Å². The maximum Gasteiger partial charge on any atom is 0.303 e. The van der Waals surface area contributed by atoms with Crippen LogP contribution in [0.25, 0.3) is 17.4 Å². The standard InChI is InChI=1S/C25H30N2O6S3/c26-36(31,32)20-13-10-18(11-14-20)21-15-12-19(33-21)17-22-24(30)27(25(34)35-22)16-8-6-4-2-1-3-5-7-9-23(28)29/h10-15,17H,1-9,16H2,(H,28,29)(H2,26,31,32)/b22-17-. The molecule has 0 saturated carbocycles. The third-order valence-corrected chi connectivity index (χ3v) is 8.07. The smallest absolute Gasteiger partial charge is 0.303 e. The lowest BCUT2D eigenvalue weighted by Gasteiger charge is -2.14. The number of furan rings is 1. The number of carbonyl (C=O) groups is 2. The van der Waals surface area contributed by atoms with Crippen molar-refractivity contribution in [1.82, 2.24) is 4.90 Å². The molecule has 36 heavy (non-hydrogen) atoms. The largest absolute Gasteiger partial charge is 0.481 e. The third-order valence-electron chi connectivity index (χ3n) is 5.76. The summed E-state index contributed by atoms with van der Waals surface area (Å²) in [6.07, 6.45) is 9.85.